The zero-order chi connectivity index (χ0) is 19.1. The van der Waals surface area contributed by atoms with Gasteiger partial charge < -0.3 is 4.40 Å². The first-order valence-corrected chi connectivity index (χ1v) is 8.57. The van der Waals surface area contributed by atoms with Crippen molar-refractivity contribution in [1.29, 1.82) is 0 Å². The molecule has 0 radical (unpaired) electrons. The first kappa shape index (κ1) is 16.2. The zero-order valence-electron chi connectivity index (χ0n) is 14.5. The van der Waals surface area contributed by atoms with Crippen LogP contribution in [0.3, 0.4) is 0 Å². The first-order valence-electron chi connectivity index (χ1n) is 8.57. The van der Waals surface area contributed by atoms with E-state index < -0.39 is 5.95 Å². The topological polar surface area (TPSA) is 78.0 Å². The van der Waals surface area contributed by atoms with E-state index in [4.69, 9.17) is 0 Å². The van der Waals surface area contributed by atoms with Crippen LogP contribution in [0.25, 0.3) is 27.7 Å². The normalized spacial score (nSPS) is 11.3. The van der Waals surface area contributed by atoms with Crippen LogP contribution in [0.15, 0.2) is 61.3 Å². The Labute approximate surface area is 158 Å². The van der Waals surface area contributed by atoms with Crippen LogP contribution >= 0.6 is 0 Å². The van der Waals surface area contributed by atoms with Gasteiger partial charge in [-0.1, -0.05) is 11.3 Å². The average molecular weight is 372 g/mol. The highest BCUT2D eigenvalue weighted by Crippen LogP contribution is 2.22. The molecule has 5 rings (SSSR count). The summed E-state index contributed by atoms with van der Waals surface area (Å²) >= 11 is 0. The van der Waals surface area contributed by atoms with Gasteiger partial charge in [-0.15, -0.1) is 5.10 Å². The molecule has 1 aromatic carbocycles. The second kappa shape index (κ2) is 6.34. The van der Waals surface area contributed by atoms with Crippen LogP contribution in [0.4, 0.5) is 4.39 Å². The van der Waals surface area contributed by atoms with Crippen LogP contribution in [0.5, 0.6) is 0 Å². The van der Waals surface area contributed by atoms with E-state index >= 15 is 0 Å². The van der Waals surface area contributed by atoms with Gasteiger partial charge in [-0.3, -0.25) is 4.79 Å². The number of hydrogen-bond donors (Lipinski definition) is 0. The largest absolute Gasteiger partial charge is 0.306 e. The number of pyridine rings is 2. The van der Waals surface area contributed by atoms with Crippen LogP contribution in [0.2, 0.25) is 0 Å². The number of aldehydes is 1. The summed E-state index contributed by atoms with van der Waals surface area (Å²) in [5.74, 6) is -0.759. The van der Waals surface area contributed by atoms with Gasteiger partial charge in [0.05, 0.1) is 41.9 Å². The maximum absolute atomic E-state index is 13.6. The molecular weight excluding hydrogens is 359 g/mol. The molecular formula is C20H13FN6O. The Balaban J connectivity index is 1.48. The van der Waals surface area contributed by atoms with E-state index in [-0.39, 0.29) is 5.56 Å². The van der Waals surface area contributed by atoms with Crippen molar-refractivity contribution < 1.29 is 9.18 Å². The fourth-order valence-corrected chi connectivity index (χ4v) is 3.25. The van der Waals surface area contributed by atoms with E-state index in [2.05, 4.69) is 20.3 Å². The predicted molar refractivity (Wildman–Crippen MR) is 100 cm³/mol. The van der Waals surface area contributed by atoms with Gasteiger partial charge in [0.25, 0.3) is 0 Å². The second-order valence-corrected chi connectivity index (χ2v) is 6.42. The Hall–Kier alpha value is -3.94. The molecule has 0 aliphatic heterocycles. The maximum Gasteiger partial charge on any atom is 0.224 e. The third kappa shape index (κ3) is 2.71. The zero-order valence-corrected chi connectivity index (χ0v) is 14.5. The highest BCUT2D eigenvalue weighted by molar-refractivity contribution is 5.86. The lowest BCUT2D eigenvalue weighted by atomic mass is 10.1. The number of aromatic nitrogens is 6. The third-order valence-electron chi connectivity index (χ3n) is 4.60. The number of halogens is 1. The predicted octanol–water partition coefficient (Wildman–Crippen LogP) is 3.14. The Bertz CT molecular complexity index is 1340. The van der Waals surface area contributed by atoms with Gasteiger partial charge in [-0.25, -0.2) is 14.6 Å². The van der Waals surface area contributed by atoms with E-state index in [1.54, 1.807) is 23.3 Å². The summed E-state index contributed by atoms with van der Waals surface area (Å²) in [7, 11) is 0. The van der Waals surface area contributed by atoms with Crippen LogP contribution in [0.1, 0.15) is 15.9 Å². The molecule has 4 heterocycles. The van der Waals surface area contributed by atoms with Gasteiger partial charge in [-0.2, -0.15) is 4.39 Å². The molecule has 0 N–H and O–H groups in total. The van der Waals surface area contributed by atoms with Crippen LogP contribution in [0, 0.1) is 5.95 Å². The number of imidazole rings is 1. The molecule has 0 saturated heterocycles. The van der Waals surface area contributed by atoms with Gasteiger partial charge in [-0.05, 0) is 35.9 Å². The number of hydrogen-bond acceptors (Lipinski definition) is 5. The molecule has 7 nitrogen and oxygen atoms in total. The Morgan fingerprint density at radius 3 is 3.00 bits per heavy atom. The maximum atomic E-state index is 13.6. The highest BCUT2D eigenvalue weighted by atomic mass is 19.1. The van der Waals surface area contributed by atoms with Gasteiger partial charge in [0.1, 0.15) is 5.69 Å². The smallest absolute Gasteiger partial charge is 0.224 e. The minimum atomic E-state index is -0.759. The lowest BCUT2D eigenvalue weighted by Crippen LogP contribution is -2.01. The second-order valence-electron chi connectivity index (χ2n) is 6.42. The minimum Gasteiger partial charge on any atom is -0.306 e. The number of rotatable bonds is 4. The molecule has 136 valence electrons. The van der Waals surface area contributed by atoms with Gasteiger partial charge in [0.2, 0.25) is 5.95 Å². The van der Waals surface area contributed by atoms with Crippen molar-refractivity contribution >= 4 is 22.7 Å². The number of fused-ring (bicyclic) bond motifs is 2. The molecule has 28 heavy (non-hydrogen) atoms. The molecule has 0 fully saturated rings. The lowest BCUT2D eigenvalue weighted by Gasteiger charge is -2.04. The van der Waals surface area contributed by atoms with Crippen molar-refractivity contribution in [2.45, 2.75) is 6.54 Å². The van der Waals surface area contributed by atoms with E-state index in [1.165, 1.54) is 6.07 Å². The van der Waals surface area contributed by atoms with E-state index in [1.807, 2.05) is 41.1 Å². The van der Waals surface area contributed by atoms with Gasteiger partial charge in [0.15, 0.2) is 6.29 Å². The summed E-state index contributed by atoms with van der Waals surface area (Å²) < 4.78 is 17.3. The van der Waals surface area contributed by atoms with Crippen molar-refractivity contribution in [3.63, 3.8) is 0 Å². The molecule has 0 amide bonds. The van der Waals surface area contributed by atoms with Crippen molar-refractivity contribution in [3.8, 4) is 11.3 Å². The van der Waals surface area contributed by atoms with E-state index in [9.17, 15) is 9.18 Å². The average Bonchev–Trinajstić information content (AvgIpc) is 3.37. The van der Waals surface area contributed by atoms with Crippen LogP contribution in [-0.4, -0.2) is 35.6 Å². The summed E-state index contributed by atoms with van der Waals surface area (Å²) in [4.78, 5) is 18.9. The van der Waals surface area contributed by atoms with Crippen molar-refractivity contribution in [3.05, 3.63) is 78.4 Å². The fourth-order valence-electron chi connectivity index (χ4n) is 3.25. The third-order valence-corrected chi connectivity index (χ3v) is 4.60. The molecule has 5 aromatic rings. The summed E-state index contributed by atoms with van der Waals surface area (Å²) in [6, 6.07) is 10.9. The summed E-state index contributed by atoms with van der Waals surface area (Å²) in [5.41, 5.74) is 4.03. The Kier molecular flexibility index (Phi) is 3.68. The first-order chi connectivity index (χ1) is 13.7. The Morgan fingerprint density at radius 2 is 2.11 bits per heavy atom. The molecule has 0 unspecified atom stereocenters. The van der Waals surface area contributed by atoms with Crippen LogP contribution < -0.4 is 0 Å². The van der Waals surface area contributed by atoms with Crippen molar-refractivity contribution in [2.24, 2.45) is 0 Å². The molecule has 0 saturated carbocycles. The molecule has 0 aliphatic carbocycles. The number of benzene rings is 1. The number of carbonyl (C=O) groups excluding carboxylic acids is 1. The molecule has 0 bridgehead atoms. The van der Waals surface area contributed by atoms with Gasteiger partial charge >= 0.3 is 0 Å². The SMILES string of the molecule is O=Cc1cc2cc(Cn3cc(-c4cccn5cncc45)nn3)ccc2nc1F. The van der Waals surface area contributed by atoms with Crippen molar-refractivity contribution in [1.82, 2.24) is 29.4 Å². The quantitative estimate of drug-likeness (QED) is 0.358. The molecule has 0 spiro atoms. The minimum absolute atomic E-state index is 0.0541. The highest BCUT2D eigenvalue weighted by Gasteiger charge is 2.10. The van der Waals surface area contributed by atoms with Crippen molar-refractivity contribution in [2.75, 3.05) is 0 Å². The summed E-state index contributed by atoms with van der Waals surface area (Å²) in [5, 5.41) is 9.19. The van der Waals surface area contributed by atoms with Crippen LogP contribution in [-0.2, 0) is 6.54 Å². The number of carbonyl (C=O) groups is 1. The monoisotopic (exact) mass is 372 g/mol. The Morgan fingerprint density at radius 1 is 1.18 bits per heavy atom. The fraction of sp³-hybridized carbons (Fsp3) is 0.0500. The lowest BCUT2D eigenvalue weighted by molar-refractivity contribution is 0.111. The summed E-state index contributed by atoms with van der Waals surface area (Å²) in [6.45, 7) is 0.485. The number of nitrogens with zero attached hydrogens (tertiary/aromatic N) is 6. The van der Waals surface area contributed by atoms with E-state index in [0.29, 0.717) is 23.7 Å². The molecule has 0 atom stereocenters. The summed E-state index contributed by atoms with van der Waals surface area (Å²) in [6.07, 6.45) is 7.79. The molecule has 8 heteroatoms. The molecule has 4 aromatic heterocycles. The van der Waals surface area contributed by atoms with E-state index in [0.717, 1.165) is 22.3 Å². The van der Waals surface area contributed by atoms with Gasteiger partial charge in [0, 0.05) is 17.1 Å². The standard InChI is InChI=1S/C20H13FN6O/c21-20-15(11-28)7-14-6-13(3-4-17(14)23-20)9-27-10-18(24-25-27)16-2-1-5-26-12-22-8-19(16)26/h1-8,10-12H,9H2. The molecule has 0 aliphatic rings.